The lowest BCUT2D eigenvalue weighted by Gasteiger charge is -2.18. The van der Waals surface area contributed by atoms with E-state index in [1.54, 1.807) is 13.1 Å². The molecule has 130 valence electrons. The van der Waals surface area contributed by atoms with Crippen molar-refractivity contribution in [3.63, 3.8) is 0 Å². The van der Waals surface area contributed by atoms with Crippen LogP contribution >= 0.6 is 22.6 Å². The van der Waals surface area contributed by atoms with Crippen molar-refractivity contribution >= 4 is 38.5 Å². The summed E-state index contributed by atoms with van der Waals surface area (Å²) in [5.41, 5.74) is 0.351. The highest BCUT2D eigenvalue weighted by Crippen LogP contribution is 2.22. The van der Waals surface area contributed by atoms with Crippen molar-refractivity contribution in [1.82, 2.24) is 9.21 Å². The van der Waals surface area contributed by atoms with E-state index in [0.717, 1.165) is 10.1 Å². The second-order valence-corrected chi connectivity index (χ2v) is 8.92. The quantitative estimate of drug-likeness (QED) is 0.641. The Hall–Kier alpha value is -1.39. The smallest absolute Gasteiger partial charge is 0.255 e. The van der Waals surface area contributed by atoms with E-state index < -0.39 is 10.0 Å². The summed E-state index contributed by atoms with van der Waals surface area (Å²) < 4.78 is 31.8. The average Bonchev–Trinajstić information content (AvgIpc) is 2.91. The molecule has 1 aromatic carbocycles. The second-order valence-electron chi connectivity index (χ2n) is 5.60. The zero-order chi connectivity index (χ0) is 18.1. The van der Waals surface area contributed by atoms with E-state index in [-0.39, 0.29) is 10.8 Å². The van der Waals surface area contributed by atoms with Gasteiger partial charge in [-0.05, 0) is 59.8 Å². The molecule has 8 heteroatoms. The van der Waals surface area contributed by atoms with E-state index in [1.165, 1.54) is 31.1 Å². The van der Waals surface area contributed by atoms with Crippen LogP contribution in [-0.2, 0) is 16.6 Å². The van der Waals surface area contributed by atoms with Crippen LogP contribution in [0.25, 0.3) is 0 Å². The standard InChI is InChI=1S/C16H19IN2O4S/c1-11-5-6-12(23-11)10-19(4)16(20)14-9-13(7-8-15(14)17)24(21,22)18(2)3/h5-9H,10H2,1-4H3. The molecule has 1 amide bonds. The molecule has 0 aliphatic carbocycles. The van der Waals surface area contributed by atoms with Crippen LogP contribution in [0.3, 0.4) is 0 Å². The van der Waals surface area contributed by atoms with E-state index in [4.69, 9.17) is 4.42 Å². The third kappa shape index (κ3) is 3.98. The summed E-state index contributed by atoms with van der Waals surface area (Å²) in [6.07, 6.45) is 0. The Morgan fingerprint density at radius 1 is 1.17 bits per heavy atom. The van der Waals surface area contributed by atoms with Crippen molar-refractivity contribution in [3.8, 4) is 0 Å². The monoisotopic (exact) mass is 462 g/mol. The Kier molecular flexibility index (Phi) is 5.71. The Bertz CT molecular complexity index is 859. The summed E-state index contributed by atoms with van der Waals surface area (Å²) in [5, 5.41) is 0. The van der Waals surface area contributed by atoms with Crippen LogP contribution < -0.4 is 0 Å². The lowest BCUT2D eigenvalue weighted by atomic mass is 10.2. The van der Waals surface area contributed by atoms with Crippen molar-refractivity contribution in [2.45, 2.75) is 18.4 Å². The van der Waals surface area contributed by atoms with E-state index in [2.05, 4.69) is 0 Å². The van der Waals surface area contributed by atoms with Crippen molar-refractivity contribution in [1.29, 1.82) is 0 Å². The van der Waals surface area contributed by atoms with Gasteiger partial charge in [0.25, 0.3) is 5.91 Å². The number of hydrogen-bond donors (Lipinski definition) is 0. The normalized spacial score (nSPS) is 11.8. The van der Waals surface area contributed by atoms with Gasteiger partial charge in [-0.15, -0.1) is 0 Å². The van der Waals surface area contributed by atoms with Gasteiger partial charge >= 0.3 is 0 Å². The van der Waals surface area contributed by atoms with Crippen molar-refractivity contribution in [2.24, 2.45) is 0 Å². The van der Waals surface area contributed by atoms with Gasteiger partial charge in [0.15, 0.2) is 0 Å². The molecule has 0 spiro atoms. The van der Waals surface area contributed by atoms with Crippen molar-refractivity contribution in [3.05, 3.63) is 51.0 Å². The molecule has 2 aromatic rings. The molecular formula is C16H19IN2O4S. The number of carbonyl (C=O) groups is 1. The number of amides is 1. The minimum Gasteiger partial charge on any atom is -0.464 e. The Balaban J connectivity index is 2.31. The van der Waals surface area contributed by atoms with Gasteiger partial charge < -0.3 is 9.32 Å². The predicted octanol–water partition coefficient (Wildman–Crippen LogP) is 2.72. The fourth-order valence-corrected chi connectivity index (χ4v) is 3.62. The Labute approximate surface area is 155 Å². The summed E-state index contributed by atoms with van der Waals surface area (Å²) in [6.45, 7) is 2.15. The van der Waals surface area contributed by atoms with Crippen LogP contribution in [0.1, 0.15) is 21.9 Å². The fraction of sp³-hybridized carbons (Fsp3) is 0.312. The summed E-state index contributed by atoms with van der Waals surface area (Å²) >= 11 is 2.03. The molecule has 0 saturated heterocycles. The van der Waals surface area contributed by atoms with Gasteiger partial charge in [0.1, 0.15) is 11.5 Å². The van der Waals surface area contributed by atoms with E-state index in [1.807, 2.05) is 41.6 Å². The number of hydrogen-bond acceptors (Lipinski definition) is 4. The van der Waals surface area contributed by atoms with Gasteiger partial charge in [-0.2, -0.15) is 0 Å². The zero-order valence-corrected chi connectivity index (χ0v) is 16.9. The van der Waals surface area contributed by atoms with E-state index in [9.17, 15) is 13.2 Å². The molecule has 0 aliphatic rings. The van der Waals surface area contributed by atoms with Gasteiger partial charge in [0.05, 0.1) is 17.0 Å². The second kappa shape index (κ2) is 7.24. The molecule has 1 heterocycles. The summed E-state index contributed by atoms with van der Waals surface area (Å²) in [4.78, 5) is 14.3. The van der Waals surface area contributed by atoms with E-state index >= 15 is 0 Å². The predicted molar refractivity (Wildman–Crippen MR) is 99.3 cm³/mol. The molecule has 0 unspecified atom stereocenters. The lowest BCUT2D eigenvalue weighted by Crippen LogP contribution is -2.28. The molecule has 0 aliphatic heterocycles. The first-order valence-corrected chi connectivity index (χ1v) is 9.67. The lowest BCUT2D eigenvalue weighted by molar-refractivity contribution is 0.0773. The number of aryl methyl sites for hydroxylation is 1. The van der Waals surface area contributed by atoms with Gasteiger partial charge in [0.2, 0.25) is 10.0 Å². The van der Waals surface area contributed by atoms with Crippen LogP contribution in [0.5, 0.6) is 0 Å². The first kappa shape index (κ1) is 18.9. The number of carbonyl (C=O) groups excluding carboxylic acids is 1. The third-order valence-corrected chi connectivity index (χ3v) is 6.23. The highest BCUT2D eigenvalue weighted by atomic mass is 127. The van der Waals surface area contributed by atoms with Gasteiger partial charge in [-0.3, -0.25) is 4.79 Å². The number of benzene rings is 1. The molecule has 1 aromatic heterocycles. The van der Waals surface area contributed by atoms with Gasteiger partial charge in [-0.25, -0.2) is 12.7 Å². The van der Waals surface area contributed by atoms with Crippen molar-refractivity contribution in [2.75, 3.05) is 21.1 Å². The third-order valence-electron chi connectivity index (χ3n) is 3.48. The fourth-order valence-electron chi connectivity index (χ4n) is 2.12. The van der Waals surface area contributed by atoms with Crippen LogP contribution in [0, 0.1) is 10.5 Å². The first-order valence-electron chi connectivity index (χ1n) is 7.16. The van der Waals surface area contributed by atoms with Crippen LogP contribution in [0.2, 0.25) is 0 Å². The SMILES string of the molecule is Cc1ccc(CN(C)C(=O)c2cc(S(=O)(=O)N(C)C)ccc2I)o1. The molecule has 0 radical (unpaired) electrons. The molecule has 0 atom stereocenters. The topological polar surface area (TPSA) is 70.8 Å². The number of halogens is 1. The highest BCUT2D eigenvalue weighted by Gasteiger charge is 2.22. The minimum absolute atomic E-state index is 0.0958. The zero-order valence-electron chi connectivity index (χ0n) is 13.9. The number of sulfonamides is 1. The van der Waals surface area contributed by atoms with Gasteiger partial charge in [-0.1, -0.05) is 0 Å². The first-order chi connectivity index (χ1) is 11.1. The molecule has 0 bridgehead atoms. The van der Waals surface area contributed by atoms with Crippen LogP contribution in [0.15, 0.2) is 39.6 Å². The number of furan rings is 1. The Morgan fingerprint density at radius 2 is 1.83 bits per heavy atom. The molecule has 0 saturated carbocycles. The van der Waals surface area contributed by atoms with Crippen molar-refractivity contribution < 1.29 is 17.6 Å². The number of rotatable bonds is 5. The maximum Gasteiger partial charge on any atom is 0.255 e. The number of nitrogens with zero attached hydrogens (tertiary/aromatic N) is 2. The maximum absolute atomic E-state index is 12.7. The molecule has 0 fully saturated rings. The minimum atomic E-state index is -3.59. The molecule has 2 rings (SSSR count). The van der Waals surface area contributed by atoms with Gasteiger partial charge in [0, 0.05) is 24.7 Å². The highest BCUT2D eigenvalue weighted by molar-refractivity contribution is 14.1. The largest absolute Gasteiger partial charge is 0.464 e. The molecule has 6 nitrogen and oxygen atoms in total. The summed E-state index contributed by atoms with van der Waals surface area (Å²) in [6, 6.07) is 8.21. The molecule has 24 heavy (non-hydrogen) atoms. The summed E-state index contributed by atoms with van der Waals surface area (Å²) in [5.74, 6) is 1.19. The molecule has 0 N–H and O–H groups in total. The van der Waals surface area contributed by atoms with Crippen LogP contribution in [-0.4, -0.2) is 44.7 Å². The maximum atomic E-state index is 12.7. The Morgan fingerprint density at radius 3 is 2.38 bits per heavy atom. The van der Waals surface area contributed by atoms with E-state index in [0.29, 0.717) is 21.4 Å². The van der Waals surface area contributed by atoms with Crippen LogP contribution in [0.4, 0.5) is 0 Å². The molecular weight excluding hydrogens is 443 g/mol. The summed E-state index contributed by atoms with van der Waals surface area (Å²) in [7, 11) is 0.983. The average molecular weight is 462 g/mol.